The van der Waals surface area contributed by atoms with Crippen LogP contribution in [0.5, 0.6) is 0 Å². The quantitative estimate of drug-likeness (QED) is 0.671. The number of aromatic nitrogens is 5. The zero-order chi connectivity index (χ0) is 11.7. The molecule has 0 aliphatic carbocycles. The number of anilines is 1. The van der Waals surface area contributed by atoms with Gasteiger partial charge >= 0.3 is 5.97 Å². The first-order valence-corrected chi connectivity index (χ1v) is 4.49. The Kier molecular flexibility index (Phi) is 2.31. The fraction of sp³-hybridized carbons (Fsp3) is 0.250. The van der Waals surface area contributed by atoms with Crippen LogP contribution in [0.4, 0.5) is 5.95 Å². The molecule has 0 saturated heterocycles. The van der Waals surface area contributed by atoms with Gasteiger partial charge in [-0.15, -0.1) is 10.2 Å². The van der Waals surface area contributed by atoms with Gasteiger partial charge < -0.3 is 15.4 Å². The number of nitrogens with one attached hydrogen (secondary N) is 2. The van der Waals surface area contributed by atoms with Crippen LogP contribution in [0.15, 0.2) is 6.33 Å². The molecule has 0 radical (unpaired) electrons. The molecule has 2 aromatic rings. The third kappa shape index (κ3) is 1.40. The lowest BCUT2D eigenvalue weighted by molar-refractivity contribution is 0.0692. The molecular weight excluding hydrogens is 212 g/mol. The van der Waals surface area contributed by atoms with Gasteiger partial charge in [0.15, 0.2) is 11.5 Å². The van der Waals surface area contributed by atoms with E-state index in [0.29, 0.717) is 11.8 Å². The van der Waals surface area contributed by atoms with Gasteiger partial charge in [-0.25, -0.2) is 9.78 Å². The average molecular weight is 222 g/mol. The predicted octanol–water partition coefficient (Wildman–Crippen LogP) is -0.0549. The van der Waals surface area contributed by atoms with E-state index in [1.54, 1.807) is 18.7 Å². The van der Waals surface area contributed by atoms with Crippen molar-refractivity contribution >= 4 is 11.9 Å². The zero-order valence-electron chi connectivity index (χ0n) is 8.72. The predicted molar refractivity (Wildman–Crippen MR) is 55.1 cm³/mol. The minimum Gasteiger partial charge on any atom is -0.477 e. The Morgan fingerprint density at radius 3 is 2.88 bits per heavy atom. The first kappa shape index (κ1) is 10.1. The Bertz CT molecular complexity index is 528. The van der Waals surface area contributed by atoms with Crippen molar-refractivity contribution in [1.29, 1.82) is 0 Å². The lowest BCUT2D eigenvalue weighted by Crippen LogP contribution is -2.04. The number of aromatic amines is 1. The van der Waals surface area contributed by atoms with Crippen LogP contribution in [0.1, 0.15) is 10.5 Å². The molecule has 84 valence electrons. The van der Waals surface area contributed by atoms with Gasteiger partial charge in [0.2, 0.25) is 5.95 Å². The van der Waals surface area contributed by atoms with Crippen molar-refractivity contribution in [3.05, 3.63) is 12.0 Å². The molecule has 2 heterocycles. The van der Waals surface area contributed by atoms with Gasteiger partial charge in [0.1, 0.15) is 5.69 Å². The molecule has 0 amide bonds. The summed E-state index contributed by atoms with van der Waals surface area (Å²) in [5.41, 5.74) is 0.266. The maximum absolute atomic E-state index is 10.9. The summed E-state index contributed by atoms with van der Waals surface area (Å²) in [6, 6.07) is 0. The second-order valence-electron chi connectivity index (χ2n) is 3.09. The summed E-state index contributed by atoms with van der Waals surface area (Å²) in [5, 5.41) is 19.5. The molecule has 8 nitrogen and oxygen atoms in total. The van der Waals surface area contributed by atoms with E-state index >= 15 is 0 Å². The van der Waals surface area contributed by atoms with E-state index in [-0.39, 0.29) is 11.4 Å². The van der Waals surface area contributed by atoms with Crippen molar-refractivity contribution in [3.63, 3.8) is 0 Å². The summed E-state index contributed by atoms with van der Waals surface area (Å²) in [4.78, 5) is 17.4. The number of hydrogen-bond donors (Lipinski definition) is 3. The number of imidazole rings is 1. The Hall–Kier alpha value is -2.38. The molecule has 0 atom stereocenters. The fourth-order valence-corrected chi connectivity index (χ4v) is 1.38. The monoisotopic (exact) mass is 222 g/mol. The van der Waals surface area contributed by atoms with Crippen LogP contribution >= 0.6 is 0 Å². The van der Waals surface area contributed by atoms with E-state index in [0.717, 1.165) is 0 Å². The normalized spacial score (nSPS) is 10.4. The highest BCUT2D eigenvalue weighted by atomic mass is 16.4. The molecule has 2 aromatic heterocycles. The second-order valence-corrected chi connectivity index (χ2v) is 3.09. The highest BCUT2D eigenvalue weighted by Crippen LogP contribution is 2.19. The molecule has 0 aromatic carbocycles. The molecule has 0 spiro atoms. The first-order chi connectivity index (χ1) is 7.65. The molecule has 0 saturated carbocycles. The molecular formula is C8H10N6O2. The van der Waals surface area contributed by atoms with Gasteiger partial charge in [0.25, 0.3) is 0 Å². The number of hydrogen-bond acceptors (Lipinski definition) is 5. The van der Waals surface area contributed by atoms with Crippen molar-refractivity contribution < 1.29 is 9.90 Å². The van der Waals surface area contributed by atoms with Crippen molar-refractivity contribution in [2.75, 3.05) is 12.4 Å². The Morgan fingerprint density at radius 2 is 2.31 bits per heavy atom. The number of H-pyrrole nitrogens is 1. The molecule has 16 heavy (non-hydrogen) atoms. The summed E-state index contributed by atoms with van der Waals surface area (Å²) in [7, 11) is 3.43. The van der Waals surface area contributed by atoms with Crippen molar-refractivity contribution in [2.45, 2.75) is 0 Å². The summed E-state index contributed by atoms with van der Waals surface area (Å²) in [6.45, 7) is 0. The highest BCUT2D eigenvalue weighted by Gasteiger charge is 2.19. The topological polar surface area (TPSA) is 109 Å². The lowest BCUT2D eigenvalue weighted by atomic mass is 10.3. The first-order valence-electron chi connectivity index (χ1n) is 4.49. The van der Waals surface area contributed by atoms with Crippen LogP contribution in [-0.4, -0.2) is 42.9 Å². The van der Waals surface area contributed by atoms with Crippen LogP contribution < -0.4 is 5.32 Å². The number of nitrogens with zero attached hydrogens (tertiary/aromatic N) is 4. The fourth-order valence-electron chi connectivity index (χ4n) is 1.38. The molecule has 0 unspecified atom stereocenters. The summed E-state index contributed by atoms with van der Waals surface area (Å²) >= 11 is 0. The lowest BCUT2D eigenvalue weighted by Gasteiger charge is -2.01. The van der Waals surface area contributed by atoms with E-state index in [1.165, 1.54) is 6.33 Å². The van der Waals surface area contributed by atoms with Gasteiger partial charge in [0.05, 0.1) is 6.33 Å². The van der Waals surface area contributed by atoms with E-state index in [9.17, 15) is 4.79 Å². The number of carboxylic acids is 1. The minimum absolute atomic E-state index is 0.00171. The maximum atomic E-state index is 10.9. The molecule has 2 rings (SSSR count). The van der Waals surface area contributed by atoms with Crippen LogP contribution in [0, 0.1) is 0 Å². The zero-order valence-corrected chi connectivity index (χ0v) is 8.72. The third-order valence-corrected chi connectivity index (χ3v) is 2.16. The number of rotatable bonds is 3. The molecule has 0 fully saturated rings. The molecule has 0 aliphatic heterocycles. The third-order valence-electron chi connectivity index (χ3n) is 2.16. The molecule has 3 N–H and O–H groups in total. The van der Waals surface area contributed by atoms with Gasteiger partial charge in [0, 0.05) is 14.1 Å². The largest absolute Gasteiger partial charge is 0.477 e. The van der Waals surface area contributed by atoms with E-state index in [2.05, 4.69) is 25.5 Å². The van der Waals surface area contributed by atoms with Crippen molar-refractivity contribution in [2.24, 2.45) is 7.05 Å². The smallest absolute Gasteiger partial charge is 0.354 e. The van der Waals surface area contributed by atoms with Gasteiger partial charge in [-0.3, -0.25) is 4.57 Å². The van der Waals surface area contributed by atoms with Gasteiger partial charge in [-0.2, -0.15) is 0 Å². The van der Waals surface area contributed by atoms with Crippen LogP contribution in [0.25, 0.3) is 11.5 Å². The van der Waals surface area contributed by atoms with Crippen molar-refractivity contribution in [3.8, 4) is 11.5 Å². The minimum atomic E-state index is -1.08. The summed E-state index contributed by atoms with van der Waals surface area (Å²) in [5.74, 6) is -0.154. The van der Waals surface area contributed by atoms with Crippen molar-refractivity contribution in [1.82, 2.24) is 24.7 Å². The Balaban J connectivity index is 2.54. The molecule has 0 bridgehead atoms. The Morgan fingerprint density at radius 1 is 1.56 bits per heavy atom. The standard InChI is InChI=1S/C8H10N6O2/c1-9-8-13-12-6(14(8)2)4-5(7(15)16)11-3-10-4/h3H,1-2H3,(H,9,13)(H,10,11)(H,15,16). The van der Waals surface area contributed by atoms with Crippen LogP contribution in [0.2, 0.25) is 0 Å². The molecule has 8 heteroatoms. The van der Waals surface area contributed by atoms with Gasteiger partial charge in [-0.05, 0) is 0 Å². The van der Waals surface area contributed by atoms with E-state index in [4.69, 9.17) is 5.11 Å². The van der Waals surface area contributed by atoms with E-state index < -0.39 is 5.97 Å². The van der Waals surface area contributed by atoms with Crippen LogP contribution in [0.3, 0.4) is 0 Å². The highest BCUT2D eigenvalue weighted by molar-refractivity contribution is 5.91. The number of aromatic carboxylic acids is 1. The average Bonchev–Trinajstić information content (AvgIpc) is 2.83. The second kappa shape index (κ2) is 3.65. The number of carboxylic acid groups (broad SMARTS) is 1. The van der Waals surface area contributed by atoms with Gasteiger partial charge in [-0.1, -0.05) is 0 Å². The van der Waals surface area contributed by atoms with E-state index in [1.807, 2.05) is 0 Å². The molecule has 0 aliphatic rings. The Labute approximate surface area is 90.3 Å². The summed E-state index contributed by atoms with van der Waals surface area (Å²) in [6.07, 6.45) is 1.31. The SMILES string of the molecule is CNc1nnc(-c2nc[nH]c2C(=O)O)n1C. The number of carbonyl (C=O) groups is 1. The van der Waals surface area contributed by atoms with Crippen LogP contribution in [-0.2, 0) is 7.05 Å². The summed E-state index contributed by atoms with van der Waals surface area (Å²) < 4.78 is 1.63. The maximum Gasteiger partial charge on any atom is 0.354 e.